The number of halogens is 1. The Bertz CT molecular complexity index is 653. The maximum absolute atomic E-state index is 6.35. The number of nitrogens with zero attached hydrogens (tertiary/aromatic N) is 2. The summed E-state index contributed by atoms with van der Waals surface area (Å²) in [6.45, 7) is 7.47. The Labute approximate surface area is 142 Å². The summed E-state index contributed by atoms with van der Waals surface area (Å²) >= 11 is 6.35. The van der Waals surface area contributed by atoms with Crippen molar-refractivity contribution in [3.05, 3.63) is 40.0 Å². The van der Waals surface area contributed by atoms with Crippen molar-refractivity contribution in [1.29, 1.82) is 0 Å². The summed E-state index contributed by atoms with van der Waals surface area (Å²) in [5.41, 5.74) is 3.98. The number of rotatable bonds is 7. The van der Waals surface area contributed by atoms with Gasteiger partial charge in [0, 0.05) is 32.0 Å². The summed E-state index contributed by atoms with van der Waals surface area (Å²) in [5, 5.41) is 7.20. The molecule has 2 N–H and O–H groups in total. The van der Waals surface area contributed by atoms with Crippen LogP contribution >= 0.6 is 11.6 Å². The lowest BCUT2D eigenvalue weighted by atomic mass is 10.1. The normalized spacial score (nSPS) is 10.7. The van der Waals surface area contributed by atoms with Gasteiger partial charge < -0.3 is 15.4 Å². The molecule has 0 aliphatic heterocycles. The maximum Gasteiger partial charge on any atom is 0.224 e. The molecule has 1 aromatic heterocycles. The van der Waals surface area contributed by atoms with Gasteiger partial charge in [-0.05, 0) is 44.4 Å². The molecular formula is C17H23ClN4O. The highest BCUT2D eigenvalue weighted by molar-refractivity contribution is 6.33. The Balaban J connectivity index is 2.15. The second-order valence-corrected chi connectivity index (χ2v) is 5.96. The Morgan fingerprint density at radius 3 is 2.61 bits per heavy atom. The van der Waals surface area contributed by atoms with Crippen molar-refractivity contribution in [3.63, 3.8) is 0 Å². The van der Waals surface area contributed by atoms with E-state index in [0.29, 0.717) is 17.6 Å². The van der Waals surface area contributed by atoms with E-state index in [4.69, 9.17) is 16.3 Å². The van der Waals surface area contributed by atoms with Crippen molar-refractivity contribution < 1.29 is 4.74 Å². The number of aromatic nitrogens is 2. The molecule has 0 spiro atoms. The Kier molecular flexibility index (Phi) is 6.19. The number of hydrogen-bond acceptors (Lipinski definition) is 5. The molecule has 0 bridgehead atoms. The minimum Gasteiger partial charge on any atom is -0.385 e. The van der Waals surface area contributed by atoms with Gasteiger partial charge in [-0.2, -0.15) is 4.98 Å². The smallest absolute Gasteiger partial charge is 0.224 e. The second kappa shape index (κ2) is 8.13. The zero-order valence-electron chi connectivity index (χ0n) is 14.0. The van der Waals surface area contributed by atoms with Crippen LogP contribution < -0.4 is 10.6 Å². The van der Waals surface area contributed by atoms with E-state index in [0.717, 1.165) is 41.3 Å². The van der Waals surface area contributed by atoms with E-state index in [1.54, 1.807) is 7.11 Å². The lowest BCUT2D eigenvalue weighted by Crippen LogP contribution is -2.09. The highest BCUT2D eigenvalue weighted by Crippen LogP contribution is 2.30. The van der Waals surface area contributed by atoms with Gasteiger partial charge in [-0.15, -0.1) is 0 Å². The molecule has 124 valence electrons. The van der Waals surface area contributed by atoms with Crippen LogP contribution in [-0.2, 0) is 4.74 Å². The molecule has 2 aromatic rings. The number of anilines is 3. The average Bonchev–Trinajstić information content (AvgIpc) is 2.47. The molecule has 0 fully saturated rings. The third kappa shape index (κ3) is 5.08. The van der Waals surface area contributed by atoms with Gasteiger partial charge in [-0.25, -0.2) is 4.98 Å². The van der Waals surface area contributed by atoms with Crippen LogP contribution in [0.4, 0.5) is 17.5 Å². The first-order valence-corrected chi connectivity index (χ1v) is 7.99. The van der Waals surface area contributed by atoms with Crippen LogP contribution in [0, 0.1) is 20.8 Å². The lowest BCUT2D eigenvalue weighted by molar-refractivity contribution is 0.197. The van der Waals surface area contributed by atoms with Crippen molar-refractivity contribution >= 4 is 29.1 Å². The number of aryl methyl sites for hydroxylation is 3. The number of nitrogens with one attached hydrogen (secondary N) is 2. The van der Waals surface area contributed by atoms with Crippen molar-refractivity contribution in [3.8, 4) is 0 Å². The van der Waals surface area contributed by atoms with Crippen molar-refractivity contribution in [2.24, 2.45) is 0 Å². The first-order chi connectivity index (χ1) is 11.0. The maximum atomic E-state index is 6.35. The van der Waals surface area contributed by atoms with Crippen molar-refractivity contribution in [2.75, 3.05) is 30.9 Å². The predicted octanol–water partition coefficient (Wildman–Crippen LogP) is 4.25. The summed E-state index contributed by atoms with van der Waals surface area (Å²) in [7, 11) is 1.69. The van der Waals surface area contributed by atoms with Gasteiger partial charge in [-0.3, -0.25) is 0 Å². The summed E-state index contributed by atoms with van der Waals surface area (Å²) in [4.78, 5) is 8.89. The van der Waals surface area contributed by atoms with Gasteiger partial charge in [0.15, 0.2) is 0 Å². The van der Waals surface area contributed by atoms with Crippen LogP contribution in [-0.4, -0.2) is 30.2 Å². The summed E-state index contributed by atoms with van der Waals surface area (Å²) in [5.74, 6) is 1.32. The highest BCUT2D eigenvalue weighted by atomic mass is 35.5. The third-order valence-corrected chi connectivity index (χ3v) is 3.65. The summed E-state index contributed by atoms with van der Waals surface area (Å²) in [6.07, 6.45) is 0.902. The van der Waals surface area contributed by atoms with Gasteiger partial charge in [0.25, 0.3) is 0 Å². The van der Waals surface area contributed by atoms with E-state index in [9.17, 15) is 0 Å². The summed E-state index contributed by atoms with van der Waals surface area (Å²) in [6, 6.07) is 5.93. The quantitative estimate of drug-likeness (QED) is 0.741. The number of methoxy groups -OCH3 is 1. The summed E-state index contributed by atoms with van der Waals surface area (Å²) < 4.78 is 5.03. The van der Waals surface area contributed by atoms with Crippen LogP contribution in [0.1, 0.15) is 23.2 Å². The van der Waals surface area contributed by atoms with Gasteiger partial charge in [-0.1, -0.05) is 17.7 Å². The monoisotopic (exact) mass is 334 g/mol. The number of benzene rings is 1. The molecule has 0 saturated carbocycles. The minimum absolute atomic E-state index is 0.601. The Hall–Kier alpha value is -1.85. The molecule has 1 aromatic carbocycles. The molecule has 0 aliphatic carbocycles. The lowest BCUT2D eigenvalue weighted by Gasteiger charge is -2.13. The molecule has 1 heterocycles. The second-order valence-electron chi connectivity index (χ2n) is 5.55. The zero-order valence-corrected chi connectivity index (χ0v) is 14.8. The SMILES string of the molecule is COCCCNc1nc(C)cc(Nc2c(C)cc(C)cc2Cl)n1. The fourth-order valence-electron chi connectivity index (χ4n) is 2.33. The fourth-order valence-corrected chi connectivity index (χ4v) is 2.70. The van der Waals surface area contributed by atoms with Crippen LogP contribution in [0.25, 0.3) is 0 Å². The van der Waals surface area contributed by atoms with E-state index in [-0.39, 0.29) is 0 Å². The molecule has 0 atom stereocenters. The third-order valence-electron chi connectivity index (χ3n) is 3.35. The highest BCUT2D eigenvalue weighted by Gasteiger charge is 2.08. The molecule has 2 rings (SSSR count). The molecule has 0 radical (unpaired) electrons. The van der Waals surface area contributed by atoms with Gasteiger partial charge >= 0.3 is 0 Å². The average molecular weight is 335 g/mol. The fraction of sp³-hybridized carbons (Fsp3) is 0.412. The van der Waals surface area contributed by atoms with Crippen molar-refractivity contribution in [1.82, 2.24) is 9.97 Å². The number of ether oxygens (including phenoxy) is 1. The first-order valence-electron chi connectivity index (χ1n) is 7.62. The van der Waals surface area contributed by atoms with E-state index in [1.807, 2.05) is 32.9 Å². The molecule has 0 saturated heterocycles. The predicted molar refractivity (Wildman–Crippen MR) is 96.0 cm³/mol. The van der Waals surface area contributed by atoms with E-state index < -0.39 is 0 Å². The van der Waals surface area contributed by atoms with Crippen LogP contribution in [0.5, 0.6) is 0 Å². The van der Waals surface area contributed by atoms with Crippen LogP contribution in [0.3, 0.4) is 0 Å². The zero-order chi connectivity index (χ0) is 16.8. The van der Waals surface area contributed by atoms with E-state index in [1.165, 1.54) is 0 Å². The Morgan fingerprint density at radius 1 is 1.13 bits per heavy atom. The first kappa shape index (κ1) is 17.5. The molecular weight excluding hydrogens is 312 g/mol. The molecule has 0 aliphatic rings. The topological polar surface area (TPSA) is 59.1 Å². The largest absolute Gasteiger partial charge is 0.385 e. The Morgan fingerprint density at radius 2 is 1.91 bits per heavy atom. The molecule has 0 amide bonds. The van der Waals surface area contributed by atoms with E-state index in [2.05, 4.69) is 26.7 Å². The number of hydrogen-bond donors (Lipinski definition) is 2. The molecule has 0 unspecified atom stereocenters. The van der Waals surface area contributed by atoms with Gasteiger partial charge in [0.2, 0.25) is 5.95 Å². The van der Waals surface area contributed by atoms with Gasteiger partial charge in [0.1, 0.15) is 5.82 Å². The van der Waals surface area contributed by atoms with Crippen LogP contribution in [0.15, 0.2) is 18.2 Å². The van der Waals surface area contributed by atoms with E-state index >= 15 is 0 Å². The van der Waals surface area contributed by atoms with Crippen LogP contribution in [0.2, 0.25) is 5.02 Å². The van der Waals surface area contributed by atoms with Crippen molar-refractivity contribution in [2.45, 2.75) is 27.2 Å². The standard InChI is InChI=1S/C17H23ClN4O/c1-11-8-12(2)16(14(18)9-11)21-15-10-13(3)20-17(22-15)19-6-5-7-23-4/h8-10H,5-7H2,1-4H3,(H2,19,20,21,22). The molecule has 5 nitrogen and oxygen atoms in total. The minimum atomic E-state index is 0.601. The molecule has 23 heavy (non-hydrogen) atoms. The van der Waals surface area contributed by atoms with Gasteiger partial charge in [0.05, 0.1) is 10.7 Å². The molecule has 6 heteroatoms.